The molecule has 3 rings (SSSR count). The molecule has 0 aliphatic carbocycles. The number of phenolic OH excluding ortho intramolecular Hbond substituents is 1. The fourth-order valence-electron chi connectivity index (χ4n) is 2.87. The largest absolute Gasteiger partial charge is 0.506 e. The summed E-state index contributed by atoms with van der Waals surface area (Å²) >= 11 is 6.21. The first-order chi connectivity index (χ1) is 16.0. The number of benzene rings is 2. The van der Waals surface area contributed by atoms with Gasteiger partial charge in [0.2, 0.25) is 11.7 Å². The van der Waals surface area contributed by atoms with Crippen molar-refractivity contribution in [1.29, 1.82) is 5.26 Å². The number of aromatic nitrogens is 2. The van der Waals surface area contributed by atoms with Gasteiger partial charge in [-0.25, -0.2) is 13.1 Å². The van der Waals surface area contributed by atoms with Gasteiger partial charge < -0.3 is 10.2 Å². The Labute approximate surface area is 214 Å². The molecular formula is C21H16Br2F3N3O5S. The molecule has 0 amide bonds. The van der Waals surface area contributed by atoms with Crippen LogP contribution < -0.4 is 0 Å². The predicted octanol–water partition coefficient (Wildman–Crippen LogP) is 4.88. The molecule has 0 saturated heterocycles. The minimum Gasteiger partial charge on any atom is -0.506 e. The molecule has 0 atom stereocenters. The molecule has 186 valence electrons. The topological polar surface area (TPSA) is 133 Å². The lowest BCUT2D eigenvalue weighted by atomic mass is 10.0. The van der Waals surface area contributed by atoms with Gasteiger partial charge in [-0.3, -0.25) is 4.79 Å². The minimum absolute atomic E-state index is 0.115. The van der Waals surface area contributed by atoms with Crippen LogP contribution >= 0.6 is 31.9 Å². The summed E-state index contributed by atoms with van der Waals surface area (Å²) in [5, 5.41) is 31.4. The van der Waals surface area contributed by atoms with Gasteiger partial charge in [-0.2, -0.15) is 23.5 Å². The van der Waals surface area contributed by atoms with E-state index in [1.165, 1.54) is 14.0 Å². The number of hydrogen-bond donors (Lipinski definition) is 2. The molecule has 0 radical (unpaired) electrons. The number of nitriles is 1. The normalized spacial score (nSPS) is 11.4. The standard InChI is InChI=1S/C14H13F3N2O4S.C7H3Br2NO/c1-7-11(13(21)19(2)18-7)12(20)9-5-4-8(14(15,16)17)6-10(9)24(3,22)23;8-5-1-4(3-10)2-6(9)7(5)11/h4-6,21H,1-3H3;1-2,11H. The van der Waals surface area contributed by atoms with Crippen molar-refractivity contribution in [3.63, 3.8) is 0 Å². The quantitative estimate of drug-likeness (QED) is 0.391. The summed E-state index contributed by atoms with van der Waals surface area (Å²) in [6, 6.07) is 6.88. The minimum atomic E-state index is -4.76. The number of halogens is 5. The van der Waals surface area contributed by atoms with Gasteiger partial charge in [0, 0.05) is 18.9 Å². The summed E-state index contributed by atoms with van der Waals surface area (Å²) in [6.45, 7) is 1.41. The van der Waals surface area contributed by atoms with Crippen LogP contribution in [0.15, 0.2) is 44.2 Å². The third kappa shape index (κ3) is 6.41. The zero-order chi connectivity index (χ0) is 26.9. The lowest BCUT2D eigenvalue weighted by Crippen LogP contribution is -2.13. The Morgan fingerprint density at radius 2 is 1.69 bits per heavy atom. The molecule has 14 heteroatoms. The molecule has 8 nitrogen and oxygen atoms in total. The Kier molecular flexibility index (Phi) is 8.41. The zero-order valence-corrected chi connectivity index (χ0v) is 22.1. The summed E-state index contributed by atoms with van der Waals surface area (Å²) in [5.41, 5.74) is -1.29. The van der Waals surface area contributed by atoms with Crippen LogP contribution in [0.4, 0.5) is 13.2 Å². The maximum Gasteiger partial charge on any atom is 0.416 e. The van der Waals surface area contributed by atoms with E-state index in [4.69, 9.17) is 5.26 Å². The number of sulfone groups is 1. The van der Waals surface area contributed by atoms with E-state index in [0.717, 1.165) is 10.7 Å². The summed E-state index contributed by atoms with van der Waals surface area (Å²) in [7, 11) is -2.75. The second-order valence-corrected chi connectivity index (χ2v) is 10.8. The van der Waals surface area contributed by atoms with E-state index in [-0.39, 0.29) is 17.0 Å². The van der Waals surface area contributed by atoms with Crippen molar-refractivity contribution in [3.8, 4) is 17.7 Å². The van der Waals surface area contributed by atoms with E-state index >= 15 is 0 Å². The second-order valence-electron chi connectivity index (χ2n) is 7.12. The SMILES string of the molecule is Cc1nn(C)c(O)c1C(=O)c1ccc(C(F)(F)F)cc1S(C)(=O)=O.N#Cc1cc(Br)c(O)c(Br)c1. The molecule has 0 fully saturated rings. The number of ketones is 1. The summed E-state index contributed by atoms with van der Waals surface area (Å²) in [6.07, 6.45) is -4.05. The molecule has 1 heterocycles. The van der Waals surface area contributed by atoms with E-state index in [2.05, 4.69) is 37.0 Å². The van der Waals surface area contributed by atoms with Gasteiger partial charge in [0.05, 0.1) is 36.7 Å². The van der Waals surface area contributed by atoms with Gasteiger partial charge in [-0.05, 0) is 69.1 Å². The average Bonchev–Trinajstić information content (AvgIpc) is 3.01. The molecule has 2 N–H and O–H groups in total. The maximum absolute atomic E-state index is 12.8. The van der Waals surface area contributed by atoms with Crippen molar-refractivity contribution < 1.29 is 36.6 Å². The van der Waals surface area contributed by atoms with Crippen LogP contribution in [0.2, 0.25) is 0 Å². The Bertz CT molecular complexity index is 1440. The van der Waals surface area contributed by atoms with Gasteiger partial charge in [0.1, 0.15) is 11.3 Å². The van der Waals surface area contributed by atoms with Gasteiger partial charge in [-0.1, -0.05) is 0 Å². The smallest absolute Gasteiger partial charge is 0.416 e. The fourth-order valence-corrected chi connectivity index (χ4v) is 4.96. The number of hydrogen-bond acceptors (Lipinski definition) is 7. The fraction of sp³-hybridized carbons (Fsp3) is 0.190. The van der Waals surface area contributed by atoms with Gasteiger partial charge in [0.25, 0.3) is 0 Å². The summed E-state index contributed by atoms with van der Waals surface area (Å²) in [5.74, 6) is -1.31. The summed E-state index contributed by atoms with van der Waals surface area (Å²) in [4.78, 5) is 11.8. The predicted molar refractivity (Wildman–Crippen MR) is 126 cm³/mol. The Morgan fingerprint density at radius 3 is 2.09 bits per heavy atom. The molecular weight excluding hydrogens is 623 g/mol. The number of nitrogens with zero attached hydrogens (tertiary/aromatic N) is 3. The molecule has 0 aliphatic heterocycles. The number of aryl methyl sites for hydroxylation is 2. The van der Waals surface area contributed by atoms with Crippen molar-refractivity contribution in [1.82, 2.24) is 9.78 Å². The Balaban J connectivity index is 0.000000328. The number of rotatable bonds is 3. The van der Waals surface area contributed by atoms with E-state index in [9.17, 15) is 36.6 Å². The van der Waals surface area contributed by atoms with Crippen LogP contribution in [0.1, 0.15) is 32.7 Å². The van der Waals surface area contributed by atoms with E-state index in [1.807, 2.05) is 6.07 Å². The first-order valence-corrected chi connectivity index (χ1v) is 12.7. The molecule has 0 bridgehead atoms. The van der Waals surface area contributed by atoms with E-state index in [1.54, 1.807) is 12.1 Å². The Hall–Kier alpha value is -2.89. The lowest BCUT2D eigenvalue weighted by Gasteiger charge is -2.12. The van der Waals surface area contributed by atoms with Crippen LogP contribution in [0.25, 0.3) is 0 Å². The van der Waals surface area contributed by atoms with Crippen LogP contribution in [0.3, 0.4) is 0 Å². The maximum atomic E-state index is 12.8. The molecule has 35 heavy (non-hydrogen) atoms. The molecule has 0 saturated carbocycles. The van der Waals surface area contributed by atoms with E-state index in [0.29, 0.717) is 32.9 Å². The third-order valence-electron chi connectivity index (χ3n) is 4.52. The van der Waals surface area contributed by atoms with Crippen LogP contribution in [0, 0.1) is 18.3 Å². The van der Waals surface area contributed by atoms with Gasteiger partial charge in [0.15, 0.2) is 9.84 Å². The zero-order valence-electron chi connectivity index (χ0n) is 18.1. The lowest BCUT2D eigenvalue weighted by molar-refractivity contribution is -0.137. The monoisotopic (exact) mass is 637 g/mol. The van der Waals surface area contributed by atoms with Crippen LogP contribution in [0.5, 0.6) is 11.6 Å². The van der Waals surface area contributed by atoms with Crippen molar-refractivity contribution >= 4 is 47.5 Å². The highest BCUT2D eigenvalue weighted by molar-refractivity contribution is 9.11. The van der Waals surface area contributed by atoms with Gasteiger partial charge in [-0.15, -0.1) is 0 Å². The van der Waals surface area contributed by atoms with Crippen LogP contribution in [-0.2, 0) is 23.1 Å². The molecule has 0 unspecified atom stereocenters. The second kappa shape index (κ2) is 10.4. The summed E-state index contributed by atoms with van der Waals surface area (Å²) < 4.78 is 64.2. The number of aromatic hydroxyl groups is 2. The molecule has 3 aromatic rings. The highest BCUT2D eigenvalue weighted by Gasteiger charge is 2.34. The van der Waals surface area contributed by atoms with Crippen molar-refractivity contribution in [2.24, 2.45) is 7.05 Å². The van der Waals surface area contributed by atoms with Crippen molar-refractivity contribution in [2.75, 3.05) is 6.26 Å². The third-order valence-corrected chi connectivity index (χ3v) is 6.86. The number of carbonyl (C=O) groups excluding carboxylic acids is 1. The van der Waals surface area contributed by atoms with Crippen molar-refractivity contribution in [2.45, 2.75) is 18.0 Å². The first-order valence-electron chi connectivity index (χ1n) is 9.25. The average molecular weight is 639 g/mol. The molecule has 1 aromatic heterocycles. The number of phenols is 1. The Morgan fingerprint density at radius 1 is 1.14 bits per heavy atom. The number of carbonyl (C=O) groups is 1. The van der Waals surface area contributed by atoms with E-state index < -0.39 is 43.7 Å². The van der Waals surface area contributed by atoms with Crippen molar-refractivity contribution in [3.05, 3.63) is 67.2 Å². The molecule has 2 aromatic carbocycles. The number of alkyl halides is 3. The first kappa shape index (κ1) is 28.3. The van der Waals surface area contributed by atoms with Crippen LogP contribution in [-0.4, -0.2) is 40.5 Å². The van der Waals surface area contributed by atoms with Gasteiger partial charge >= 0.3 is 6.18 Å². The molecule has 0 aliphatic rings. The highest BCUT2D eigenvalue weighted by atomic mass is 79.9. The highest BCUT2D eigenvalue weighted by Crippen LogP contribution is 2.34. The molecule has 0 spiro atoms.